The number of aryl methyl sites for hydroxylation is 2. The molecule has 5 rings (SSSR count). The number of hydrogen-bond donors (Lipinski definition) is 0. The average molecular weight is 554 g/mol. The second-order valence-corrected chi connectivity index (χ2v) is 11.0. The first-order valence-electron chi connectivity index (χ1n) is 14.1. The van der Waals surface area contributed by atoms with E-state index in [9.17, 15) is 14.3 Å². The summed E-state index contributed by atoms with van der Waals surface area (Å²) in [6, 6.07) is 11.8. The first kappa shape index (κ1) is 30.6. The van der Waals surface area contributed by atoms with Gasteiger partial charge in [0.15, 0.2) is 0 Å². The molecule has 0 saturated heterocycles. The Morgan fingerprint density at radius 1 is 1.12 bits per heavy atom. The number of ether oxygens (including phenoxy) is 1. The number of halogens is 1. The van der Waals surface area contributed by atoms with E-state index in [0.717, 1.165) is 78.3 Å². The van der Waals surface area contributed by atoms with Gasteiger partial charge in [-0.15, -0.1) is 0 Å². The number of carboxylic acids is 1. The number of carbonyl (C=O) groups excluding carboxylic acids is 1. The van der Waals surface area contributed by atoms with E-state index in [4.69, 9.17) is 9.72 Å². The minimum atomic E-state index is -1.01. The number of aliphatic carboxylic acids is 1. The average Bonchev–Trinajstić information content (AvgIpc) is 3.78. The van der Waals surface area contributed by atoms with Crippen molar-refractivity contribution in [2.75, 3.05) is 13.1 Å². The number of aromatic nitrogens is 2. The zero-order valence-corrected chi connectivity index (χ0v) is 26.2. The number of carboxylic acid groups (broad SMARTS) is 1. The Morgan fingerprint density at radius 2 is 1.88 bits per heavy atom. The third-order valence-corrected chi connectivity index (χ3v) is 8.34. The summed E-state index contributed by atoms with van der Waals surface area (Å²) in [5.41, 5.74) is 5.81. The van der Waals surface area contributed by atoms with Crippen LogP contribution in [0.25, 0.3) is 11.1 Å². The van der Waals surface area contributed by atoms with E-state index in [1.807, 2.05) is 25.1 Å². The zero-order valence-electron chi connectivity index (χ0n) is 24.2. The minimum absolute atomic E-state index is 0. The largest absolute Gasteiger partial charge is 1.00 e. The van der Waals surface area contributed by atoms with E-state index >= 15 is 0 Å². The van der Waals surface area contributed by atoms with Gasteiger partial charge in [-0.25, -0.2) is 4.39 Å². The maximum Gasteiger partial charge on any atom is 1.00 e. The maximum absolute atomic E-state index is 14.9. The van der Waals surface area contributed by atoms with Gasteiger partial charge in [-0.3, -0.25) is 14.9 Å². The Bertz CT molecular complexity index is 1360. The summed E-state index contributed by atoms with van der Waals surface area (Å²) in [5.74, 6) is -0.807. The third kappa shape index (κ3) is 6.59. The van der Waals surface area contributed by atoms with Crippen LogP contribution >= 0.6 is 0 Å². The molecule has 1 unspecified atom stereocenters. The first-order valence-corrected chi connectivity index (χ1v) is 14.1. The van der Waals surface area contributed by atoms with Gasteiger partial charge in [0.1, 0.15) is 17.7 Å². The van der Waals surface area contributed by atoms with Crippen LogP contribution in [0.2, 0.25) is 0 Å². The van der Waals surface area contributed by atoms with Crippen LogP contribution in [0.15, 0.2) is 42.6 Å². The number of carbonyl (C=O) groups is 1. The van der Waals surface area contributed by atoms with Crippen molar-refractivity contribution in [1.29, 1.82) is 0 Å². The maximum atomic E-state index is 14.9. The van der Waals surface area contributed by atoms with Crippen LogP contribution in [0, 0.1) is 24.6 Å². The normalized spacial score (nSPS) is 17.9. The Kier molecular flexibility index (Phi) is 10.0. The van der Waals surface area contributed by atoms with Gasteiger partial charge < -0.3 is 14.6 Å². The number of nitrogens with zero attached hydrogens (tertiary/aromatic N) is 3. The summed E-state index contributed by atoms with van der Waals surface area (Å²) < 4.78 is 21.4. The van der Waals surface area contributed by atoms with Crippen LogP contribution < -0.4 is 39.4 Å². The SMILES string of the molecule is CCN(CC)Cc1nc(C2CCc3ccc([C@H](C4CC4)[C@H](C)C(=O)[O-])cc3O2)ccc1-c1cc(C)ncc1F.[Na+]. The van der Waals surface area contributed by atoms with E-state index in [-0.39, 0.29) is 47.4 Å². The van der Waals surface area contributed by atoms with Crippen LogP contribution in [0.4, 0.5) is 4.39 Å². The predicted molar refractivity (Wildman–Crippen MR) is 147 cm³/mol. The predicted octanol–water partition coefficient (Wildman–Crippen LogP) is 2.38. The van der Waals surface area contributed by atoms with Crippen LogP contribution in [0.1, 0.15) is 80.3 Å². The van der Waals surface area contributed by atoms with Crippen molar-refractivity contribution in [3.05, 3.63) is 76.6 Å². The van der Waals surface area contributed by atoms with Crippen molar-refractivity contribution in [2.24, 2.45) is 11.8 Å². The molecule has 6 nitrogen and oxygen atoms in total. The van der Waals surface area contributed by atoms with Gasteiger partial charge in [0, 0.05) is 35.3 Å². The Hall–Kier alpha value is -2.32. The molecule has 1 aliphatic carbocycles. The van der Waals surface area contributed by atoms with Crippen LogP contribution in [-0.2, 0) is 17.8 Å². The molecule has 40 heavy (non-hydrogen) atoms. The molecule has 0 radical (unpaired) electrons. The number of rotatable bonds is 10. The molecule has 0 spiro atoms. The van der Waals surface area contributed by atoms with Gasteiger partial charge in [-0.05, 0) is 86.9 Å². The minimum Gasteiger partial charge on any atom is -0.550 e. The topological polar surface area (TPSA) is 78.4 Å². The number of benzene rings is 1. The molecule has 206 valence electrons. The number of pyridine rings is 2. The van der Waals surface area contributed by atoms with Crippen molar-refractivity contribution in [2.45, 2.75) is 71.9 Å². The van der Waals surface area contributed by atoms with Gasteiger partial charge >= 0.3 is 29.6 Å². The summed E-state index contributed by atoms with van der Waals surface area (Å²) in [6.07, 6.45) is 4.76. The first-order chi connectivity index (χ1) is 18.8. The molecule has 3 heterocycles. The second-order valence-electron chi connectivity index (χ2n) is 11.0. The fourth-order valence-corrected chi connectivity index (χ4v) is 5.84. The quantitative estimate of drug-likeness (QED) is 0.359. The molecule has 1 aliphatic heterocycles. The van der Waals surface area contributed by atoms with Gasteiger partial charge in [0.25, 0.3) is 0 Å². The molecule has 0 N–H and O–H groups in total. The zero-order chi connectivity index (χ0) is 27.7. The Labute approximate surface area is 258 Å². The molecule has 2 aromatic heterocycles. The fraction of sp³-hybridized carbons (Fsp3) is 0.469. The molecule has 0 bridgehead atoms. The standard InChI is InChI=1S/C32H38FN3O3.Na/c1-5-36(6-2)18-28-24(25-15-19(3)34-17-26(25)33)12-13-27(35-28)29-14-11-21-7-10-23(16-30(21)39-29)31(22-8-9-22)20(4)32(37)38;/h7,10,12-13,15-17,20,22,29,31H,5-6,8-9,11,14,18H2,1-4H3,(H,37,38);/q;+1/p-1/t20-,29?,31-;/m0./s1. The van der Waals surface area contributed by atoms with Crippen molar-refractivity contribution in [3.8, 4) is 16.9 Å². The molecule has 1 aromatic carbocycles. The third-order valence-electron chi connectivity index (χ3n) is 8.34. The molecule has 0 amide bonds. The molecule has 3 aromatic rings. The van der Waals surface area contributed by atoms with Crippen molar-refractivity contribution in [1.82, 2.24) is 14.9 Å². The van der Waals surface area contributed by atoms with Gasteiger partial charge in [-0.1, -0.05) is 39.0 Å². The Morgan fingerprint density at radius 3 is 2.55 bits per heavy atom. The smallest absolute Gasteiger partial charge is 0.550 e. The van der Waals surface area contributed by atoms with Gasteiger partial charge in [0.2, 0.25) is 0 Å². The van der Waals surface area contributed by atoms with E-state index in [2.05, 4.69) is 35.9 Å². The summed E-state index contributed by atoms with van der Waals surface area (Å²) in [6.45, 7) is 10.2. The monoisotopic (exact) mass is 553 g/mol. The molecule has 8 heteroatoms. The molecular weight excluding hydrogens is 516 g/mol. The summed E-state index contributed by atoms with van der Waals surface area (Å²) >= 11 is 0. The van der Waals surface area contributed by atoms with E-state index in [0.29, 0.717) is 18.0 Å². The molecule has 1 saturated carbocycles. The molecular formula is C32H37FN3NaO3. The van der Waals surface area contributed by atoms with Crippen molar-refractivity contribution in [3.63, 3.8) is 0 Å². The van der Waals surface area contributed by atoms with Crippen LogP contribution in [0.3, 0.4) is 0 Å². The van der Waals surface area contributed by atoms with Crippen molar-refractivity contribution < 1.29 is 48.6 Å². The van der Waals surface area contributed by atoms with E-state index in [1.54, 1.807) is 13.0 Å². The van der Waals surface area contributed by atoms with Gasteiger partial charge in [0.05, 0.1) is 17.6 Å². The van der Waals surface area contributed by atoms with Crippen molar-refractivity contribution >= 4 is 5.97 Å². The number of fused-ring (bicyclic) bond motifs is 1. The molecule has 3 atom stereocenters. The van der Waals surface area contributed by atoms with Crippen LogP contribution in [-0.4, -0.2) is 33.9 Å². The molecule has 2 aliphatic rings. The fourth-order valence-electron chi connectivity index (χ4n) is 5.84. The second kappa shape index (κ2) is 13.1. The Balaban J connectivity index is 0.00000370. The summed E-state index contributed by atoms with van der Waals surface area (Å²) in [7, 11) is 0. The molecule has 1 fully saturated rings. The summed E-state index contributed by atoms with van der Waals surface area (Å²) in [5, 5.41) is 11.7. The van der Waals surface area contributed by atoms with E-state index < -0.39 is 11.9 Å². The number of hydrogen-bond acceptors (Lipinski definition) is 6. The van der Waals surface area contributed by atoms with Crippen LogP contribution in [0.5, 0.6) is 5.75 Å². The van der Waals surface area contributed by atoms with E-state index in [1.165, 1.54) is 6.20 Å². The summed E-state index contributed by atoms with van der Waals surface area (Å²) in [4.78, 5) is 23.1. The van der Waals surface area contributed by atoms with Gasteiger partial charge in [-0.2, -0.15) is 0 Å².